The van der Waals surface area contributed by atoms with Gasteiger partial charge in [-0.15, -0.1) is 0 Å². The Morgan fingerprint density at radius 1 is 1.25 bits per heavy atom. The lowest BCUT2D eigenvalue weighted by molar-refractivity contribution is -0.126. The van der Waals surface area contributed by atoms with Gasteiger partial charge in [-0.1, -0.05) is 43.3 Å². The van der Waals surface area contributed by atoms with Crippen molar-refractivity contribution in [1.29, 1.82) is 0 Å². The Morgan fingerprint density at radius 2 is 1.96 bits per heavy atom. The van der Waals surface area contributed by atoms with Crippen LogP contribution in [0.25, 0.3) is 0 Å². The zero-order valence-electron chi connectivity index (χ0n) is 14.0. The first kappa shape index (κ1) is 17.9. The summed E-state index contributed by atoms with van der Waals surface area (Å²) in [6.07, 6.45) is 0.408. The van der Waals surface area contributed by atoms with E-state index < -0.39 is 5.54 Å². The normalized spacial score (nSPS) is 14.5. The Hall–Kier alpha value is -2.40. The van der Waals surface area contributed by atoms with E-state index >= 15 is 0 Å². The molecule has 2 unspecified atom stereocenters. The number of halogens is 1. The Labute approximate surface area is 141 Å². The fourth-order valence-corrected chi connectivity index (χ4v) is 2.31. The minimum absolute atomic E-state index is 0.262. The number of hydrogen-bond donors (Lipinski definition) is 2. The van der Waals surface area contributed by atoms with E-state index in [1.165, 1.54) is 12.1 Å². The van der Waals surface area contributed by atoms with E-state index in [1.807, 2.05) is 37.3 Å². The van der Waals surface area contributed by atoms with Crippen LogP contribution in [0.5, 0.6) is 5.75 Å². The lowest BCUT2D eigenvalue weighted by atomic mass is 9.92. The molecule has 2 atom stereocenters. The summed E-state index contributed by atoms with van der Waals surface area (Å²) in [5.41, 5.74) is 5.79. The van der Waals surface area contributed by atoms with Crippen LogP contribution in [-0.4, -0.2) is 18.6 Å². The van der Waals surface area contributed by atoms with Crippen LogP contribution < -0.4 is 15.8 Å². The van der Waals surface area contributed by atoms with Gasteiger partial charge in [-0.3, -0.25) is 4.79 Å². The Morgan fingerprint density at radius 3 is 2.58 bits per heavy atom. The van der Waals surface area contributed by atoms with Gasteiger partial charge < -0.3 is 15.8 Å². The molecule has 3 N–H and O–H groups in total. The number of nitrogens with two attached hydrogens (primary N) is 1. The highest BCUT2D eigenvalue weighted by molar-refractivity contribution is 5.87. The van der Waals surface area contributed by atoms with Crippen molar-refractivity contribution >= 4 is 5.91 Å². The van der Waals surface area contributed by atoms with Crippen LogP contribution in [0.3, 0.4) is 0 Å². The molecule has 0 fully saturated rings. The van der Waals surface area contributed by atoms with Gasteiger partial charge in [-0.05, 0) is 31.0 Å². The molecule has 2 aromatic rings. The van der Waals surface area contributed by atoms with Gasteiger partial charge in [0.15, 0.2) is 0 Å². The van der Waals surface area contributed by atoms with E-state index in [-0.39, 0.29) is 17.8 Å². The number of ether oxygens (including phenoxy) is 1. The van der Waals surface area contributed by atoms with E-state index in [2.05, 4.69) is 5.32 Å². The summed E-state index contributed by atoms with van der Waals surface area (Å²) in [6, 6.07) is 15.1. The van der Waals surface area contributed by atoms with Gasteiger partial charge in [-0.2, -0.15) is 0 Å². The van der Waals surface area contributed by atoms with Gasteiger partial charge in [0, 0.05) is 6.07 Å². The topological polar surface area (TPSA) is 64.4 Å². The van der Waals surface area contributed by atoms with Crippen LogP contribution in [0.15, 0.2) is 54.6 Å². The SMILES string of the molecule is CCC(CNC(=O)C(C)(N)c1ccccc1)Oc1cccc(F)c1. The van der Waals surface area contributed by atoms with Crippen molar-refractivity contribution in [2.24, 2.45) is 5.73 Å². The first-order valence-electron chi connectivity index (χ1n) is 7.98. The largest absolute Gasteiger partial charge is 0.489 e. The second-order valence-corrected chi connectivity index (χ2v) is 5.88. The fourth-order valence-electron chi connectivity index (χ4n) is 2.31. The monoisotopic (exact) mass is 330 g/mol. The minimum atomic E-state index is -1.13. The molecule has 0 aliphatic heterocycles. The molecule has 0 saturated carbocycles. The highest BCUT2D eigenvalue weighted by Gasteiger charge is 2.30. The highest BCUT2D eigenvalue weighted by atomic mass is 19.1. The van der Waals surface area contributed by atoms with Crippen LogP contribution >= 0.6 is 0 Å². The molecule has 0 aliphatic carbocycles. The number of amides is 1. The molecular weight excluding hydrogens is 307 g/mol. The Kier molecular flexibility index (Phi) is 5.93. The molecule has 0 bridgehead atoms. The number of hydrogen-bond acceptors (Lipinski definition) is 3. The first-order chi connectivity index (χ1) is 11.4. The van der Waals surface area contributed by atoms with Gasteiger partial charge in [0.05, 0.1) is 6.54 Å². The number of carbonyl (C=O) groups excluding carboxylic acids is 1. The van der Waals surface area contributed by atoms with Gasteiger partial charge in [0.1, 0.15) is 23.2 Å². The van der Waals surface area contributed by atoms with Crippen LogP contribution in [0.2, 0.25) is 0 Å². The summed E-state index contributed by atoms with van der Waals surface area (Å²) in [4.78, 5) is 12.4. The van der Waals surface area contributed by atoms with E-state index in [1.54, 1.807) is 19.1 Å². The van der Waals surface area contributed by atoms with Gasteiger partial charge >= 0.3 is 0 Å². The predicted molar refractivity (Wildman–Crippen MR) is 92.1 cm³/mol. The fraction of sp³-hybridized carbons (Fsp3) is 0.316. The molecule has 0 aromatic heterocycles. The van der Waals surface area contributed by atoms with Crippen molar-refractivity contribution in [3.63, 3.8) is 0 Å². The van der Waals surface area contributed by atoms with Crippen molar-refractivity contribution in [3.05, 3.63) is 66.0 Å². The van der Waals surface area contributed by atoms with E-state index in [0.29, 0.717) is 18.7 Å². The lowest BCUT2D eigenvalue weighted by Gasteiger charge is -2.26. The van der Waals surface area contributed by atoms with E-state index in [4.69, 9.17) is 10.5 Å². The van der Waals surface area contributed by atoms with E-state index in [0.717, 1.165) is 5.56 Å². The third kappa shape index (κ3) is 4.55. The third-order valence-corrected chi connectivity index (χ3v) is 3.89. The summed E-state index contributed by atoms with van der Waals surface area (Å²) in [5.74, 6) is -0.199. The molecule has 5 heteroatoms. The molecule has 0 heterocycles. The average molecular weight is 330 g/mol. The van der Waals surface area contributed by atoms with Crippen LogP contribution in [0.1, 0.15) is 25.8 Å². The molecular formula is C19H23FN2O2. The average Bonchev–Trinajstić information content (AvgIpc) is 2.59. The second-order valence-electron chi connectivity index (χ2n) is 5.88. The highest BCUT2D eigenvalue weighted by Crippen LogP contribution is 2.18. The summed E-state index contributed by atoms with van der Waals surface area (Å²) in [5, 5.41) is 2.82. The van der Waals surface area contributed by atoms with Gasteiger partial charge in [-0.25, -0.2) is 4.39 Å². The van der Waals surface area contributed by atoms with Gasteiger partial charge in [0.2, 0.25) is 5.91 Å². The van der Waals surface area contributed by atoms with Gasteiger partial charge in [0.25, 0.3) is 0 Å². The van der Waals surface area contributed by atoms with Crippen molar-refractivity contribution in [2.45, 2.75) is 31.9 Å². The molecule has 1 amide bonds. The Bertz CT molecular complexity index is 674. The molecule has 0 spiro atoms. The van der Waals surface area contributed by atoms with Crippen molar-refractivity contribution in [3.8, 4) is 5.75 Å². The van der Waals surface area contributed by atoms with Crippen LogP contribution in [0.4, 0.5) is 4.39 Å². The van der Waals surface area contributed by atoms with Crippen molar-refractivity contribution in [2.75, 3.05) is 6.54 Å². The summed E-state index contributed by atoms with van der Waals surface area (Å²) in [7, 11) is 0. The Balaban J connectivity index is 1.96. The van der Waals surface area contributed by atoms with Crippen molar-refractivity contribution < 1.29 is 13.9 Å². The maximum absolute atomic E-state index is 13.2. The second kappa shape index (κ2) is 7.93. The molecule has 128 valence electrons. The summed E-state index contributed by atoms with van der Waals surface area (Å²) < 4.78 is 18.9. The van der Waals surface area contributed by atoms with Crippen LogP contribution in [0, 0.1) is 5.82 Å². The summed E-state index contributed by atoms with van der Waals surface area (Å²) in [6.45, 7) is 3.91. The molecule has 2 aromatic carbocycles. The zero-order valence-corrected chi connectivity index (χ0v) is 14.0. The molecule has 0 aliphatic rings. The number of nitrogens with one attached hydrogen (secondary N) is 1. The number of carbonyl (C=O) groups is 1. The van der Waals surface area contributed by atoms with Crippen LogP contribution in [-0.2, 0) is 10.3 Å². The molecule has 0 radical (unpaired) electrons. The maximum atomic E-state index is 13.2. The predicted octanol–water partition coefficient (Wildman–Crippen LogP) is 2.97. The number of rotatable bonds is 7. The minimum Gasteiger partial charge on any atom is -0.489 e. The lowest BCUT2D eigenvalue weighted by Crippen LogP contribution is -2.51. The maximum Gasteiger partial charge on any atom is 0.244 e. The first-order valence-corrected chi connectivity index (χ1v) is 7.98. The molecule has 2 rings (SSSR count). The van der Waals surface area contributed by atoms with E-state index in [9.17, 15) is 9.18 Å². The molecule has 24 heavy (non-hydrogen) atoms. The number of benzene rings is 2. The molecule has 4 nitrogen and oxygen atoms in total. The van der Waals surface area contributed by atoms with Crippen molar-refractivity contribution in [1.82, 2.24) is 5.32 Å². The quantitative estimate of drug-likeness (QED) is 0.820. The molecule has 0 saturated heterocycles. The summed E-state index contributed by atoms with van der Waals surface area (Å²) >= 11 is 0. The standard InChI is InChI=1S/C19H23FN2O2/c1-3-16(24-17-11-7-10-15(20)12-17)13-22-18(23)19(2,21)14-8-5-4-6-9-14/h4-12,16H,3,13,21H2,1-2H3,(H,22,23). The smallest absolute Gasteiger partial charge is 0.244 e. The zero-order chi connectivity index (χ0) is 17.6. The third-order valence-electron chi connectivity index (χ3n) is 3.89.